The standard InChI is InChI=1S/C22H28N2O/c25-22(11-14-23-18-21-9-5-2-6-10-21)24-15-12-20(13-16-24)17-19-7-3-1-4-8-19/h1-10,20,23H,11-18H2. The van der Waals surface area contributed by atoms with Crippen LogP contribution in [0.15, 0.2) is 60.7 Å². The second kappa shape index (κ2) is 9.38. The van der Waals surface area contributed by atoms with Gasteiger partial charge in [-0.05, 0) is 36.3 Å². The van der Waals surface area contributed by atoms with Gasteiger partial charge < -0.3 is 10.2 Å². The Labute approximate surface area is 151 Å². The van der Waals surface area contributed by atoms with Crippen LogP contribution in [0.25, 0.3) is 0 Å². The molecule has 1 fully saturated rings. The van der Waals surface area contributed by atoms with Crippen LogP contribution >= 0.6 is 0 Å². The van der Waals surface area contributed by atoms with Gasteiger partial charge in [-0.25, -0.2) is 0 Å². The monoisotopic (exact) mass is 336 g/mol. The van der Waals surface area contributed by atoms with Gasteiger partial charge in [-0.2, -0.15) is 0 Å². The molecule has 1 amide bonds. The summed E-state index contributed by atoms with van der Waals surface area (Å²) in [6, 6.07) is 21.0. The second-order valence-corrected chi connectivity index (χ2v) is 6.93. The van der Waals surface area contributed by atoms with Crippen molar-refractivity contribution >= 4 is 5.91 Å². The summed E-state index contributed by atoms with van der Waals surface area (Å²) >= 11 is 0. The van der Waals surface area contributed by atoms with Gasteiger partial charge in [-0.3, -0.25) is 4.79 Å². The minimum Gasteiger partial charge on any atom is -0.343 e. The first kappa shape index (κ1) is 17.7. The third-order valence-electron chi connectivity index (χ3n) is 5.02. The number of likely N-dealkylation sites (tertiary alicyclic amines) is 1. The Bertz CT molecular complexity index is 634. The first-order valence-corrected chi connectivity index (χ1v) is 9.37. The van der Waals surface area contributed by atoms with Gasteiger partial charge >= 0.3 is 0 Å². The van der Waals surface area contributed by atoms with Crippen LogP contribution in [0.4, 0.5) is 0 Å². The summed E-state index contributed by atoms with van der Waals surface area (Å²) in [7, 11) is 0. The lowest BCUT2D eigenvalue weighted by Crippen LogP contribution is -2.39. The van der Waals surface area contributed by atoms with Crippen molar-refractivity contribution in [1.82, 2.24) is 10.2 Å². The van der Waals surface area contributed by atoms with E-state index in [1.165, 1.54) is 11.1 Å². The fraction of sp³-hybridized carbons (Fsp3) is 0.409. The molecule has 0 atom stereocenters. The van der Waals surface area contributed by atoms with Gasteiger partial charge in [-0.1, -0.05) is 60.7 Å². The SMILES string of the molecule is O=C(CCNCc1ccccc1)N1CCC(Cc2ccccc2)CC1. The molecule has 0 aliphatic carbocycles. The molecule has 0 saturated carbocycles. The van der Waals surface area contributed by atoms with E-state index in [9.17, 15) is 4.79 Å². The van der Waals surface area contributed by atoms with Gasteiger partial charge in [0.15, 0.2) is 0 Å². The molecular formula is C22H28N2O. The van der Waals surface area contributed by atoms with Gasteiger partial charge in [0.25, 0.3) is 0 Å². The van der Waals surface area contributed by atoms with Crippen molar-refractivity contribution in [2.45, 2.75) is 32.2 Å². The molecule has 1 N–H and O–H groups in total. The molecular weight excluding hydrogens is 308 g/mol. The molecule has 0 unspecified atom stereocenters. The van der Waals surface area contributed by atoms with E-state index < -0.39 is 0 Å². The van der Waals surface area contributed by atoms with Crippen molar-refractivity contribution in [3.05, 3.63) is 71.8 Å². The maximum absolute atomic E-state index is 12.4. The van der Waals surface area contributed by atoms with E-state index in [0.717, 1.165) is 45.4 Å². The lowest BCUT2D eigenvalue weighted by molar-refractivity contribution is -0.132. The Balaban J connectivity index is 1.33. The van der Waals surface area contributed by atoms with Crippen molar-refractivity contribution < 1.29 is 4.79 Å². The quantitative estimate of drug-likeness (QED) is 0.783. The zero-order valence-electron chi connectivity index (χ0n) is 14.9. The van der Waals surface area contributed by atoms with Crippen LogP contribution in [-0.4, -0.2) is 30.4 Å². The lowest BCUT2D eigenvalue weighted by atomic mass is 9.90. The van der Waals surface area contributed by atoms with Crippen LogP contribution < -0.4 is 5.32 Å². The summed E-state index contributed by atoms with van der Waals surface area (Å²) in [5, 5.41) is 3.37. The van der Waals surface area contributed by atoms with Crippen LogP contribution in [-0.2, 0) is 17.8 Å². The molecule has 2 aromatic carbocycles. The highest BCUT2D eigenvalue weighted by atomic mass is 16.2. The molecule has 1 saturated heterocycles. The molecule has 3 nitrogen and oxygen atoms in total. The Hall–Kier alpha value is -2.13. The van der Waals surface area contributed by atoms with Crippen LogP contribution in [0.5, 0.6) is 0 Å². The smallest absolute Gasteiger partial charge is 0.223 e. The maximum Gasteiger partial charge on any atom is 0.223 e. The van der Waals surface area contributed by atoms with E-state index >= 15 is 0 Å². The molecule has 3 rings (SSSR count). The molecule has 25 heavy (non-hydrogen) atoms. The van der Waals surface area contributed by atoms with Gasteiger partial charge in [0.2, 0.25) is 5.91 Å². The molecule has 1 aliphatic rings. The van der Waals surface area contributed by atoms with Crippen molar-refractivity contribution in [3.63, 3.8) is 0 Å². The number of nitrogens with zero attached hydrogens (tertiary/aromatic N) is 1. The third kappa shape index (κ3) is 5.71. The molecule has 0 bridgehead atoms. The maximum atomic E-state index is 12.4. The number of piperidine rings is 1. The summed E-state index contributed by atoms with van der Waals surface area (Å²) < 4.78 is 0. The fourth-order valence-electron chi connectivity index (χ4n) is 3.52. The molecule has 0 aromatic heterocycles. The average Bonchev–Trinajstić information content (AvgIpc) is 2.67. The summed E-state index contributed by atoms with van der Waals surface area (Å²) in [6.45, 7) is 3.40. The largest absolute Gasteiger partial charge is 0.343 e. The number of rotatable bonds is 7. The van der Waals surface area contributed by atoms with E-state index in [1.807, 2.05) is 23.1 Å². The molecule has 0 radical (unpaired) electrons. The van der Waals surface area contributed by atoms with Gasteiger partial charge in [0, 0.05) is 32.6 Å². The Morgan fingerprint density at radius 1 is 0.920 bits per heavy atom. The first-order chi connectivity index (χ1) is 12.3. The van der Waals surface area contributed by atoms with Gasteiger partial charge in [0.05, 0.1) is 0 Å². The van der Waals surface area contributed by atoms with Gasteiger partial charge in [-0.15, -0.1) is 0 Å². The predicted molar refractivity (Wildman–Crippen MR) is 102 cm³/mol. The number of hydrogen-bond donors (Lipinski definition) is 1. The van der Waals surface area contributed by atoms with E-state index in [1.54, 1.807) is 0 Å². The van der Waals surface area contributed by atoms with Crippen molar-refractivity contribution in [2.24, 2.45) is 5.92 Å². The molecule has 1 heterocycles. The number of nitrogens with one attached hydrogen (secondary N) is 1. The average molecular weight is 336 g/mol. The highest BCUT2D eigenvalue weighted by Gasteiger charge is 2.22. The summed E-state index contributed by atoms with van der Waals surface area (Å²) in [4.78, 5) is 14.4. The highest BCUT2D eigenvalue weighted by Crippen LogP contribution is 2.22. The fourth-order valence-corrected chi connectivity index (χ4v) is 3.52. The molecule has 2 aromatic rings. The van der Waals surface area contributed by atoms with Crippen molar-refractivity contribution in [3.8, 4) is 0 Å². The molecule has 0 spiro atoms. The number of amides is 1. The summed E-state index contributed by atoms with van der Waals surface area (Å²) in [6.07, 6.45) is 3.98. The number of benzene rings is 2. The number of carbonyl (C=O) groups is 1. The zero-order chi connectivity index (χ0) is 17.3. The topological polar surface area (TPSA) is 32.3 Å². The van der Waals surface area contributed by atoms with Crippen molar-refractivity contribution in [2.75, 3.05) is 19.6 Å². The van der Waals surface area contributed by atoms with Crippen LogP contribution in [0.1, 0.15) is 30.4 Å². The van der Waals surface area contributed by atoms with E-state index in [4.69, 9.17) is 0 Å². The van der Waals surface area contributed by atoms with Crippen molar-refractivity contribution in [1.29, 1.82) is 0 Å². The Kier molecular flexibility index (Phi) is 6.63. The number of hydrogen-bond acceptors (Lipinski definition) is 2. The number of carbonyl (C=O) groups excluding carboxylic acids is 1. The molecule has 132 valence electrons. The minimum atomic E-state index is 0.290. The highest BCUT2D eigenvalue weighted by molar-refractivity contribution is 5.76. The first-order valence-electron chi connectivity index (χ1n) is 9.37. The Morgan fingerprint density at radius 2 is 1.52 bits per heavy atom. The third-order valence-corrected chi connectivity index (χ3v) is 5.02. The van der Waals surface area contributed by atoms with Crippen LogP contribution in [0.2, 0.25) is 0 Å². The molecule has 3 heteroatoms. The minimum absolute atomic E-state index is 0.290. The Morgan fingerprint density at radius 3 is 2.16 bits per heavy atom. The van der Waals surface area contributed by atoms with Crippen LogP contribution in [0.3, 0.4) is 0 Å². The van der Waals surface area contributed by atoms with Gasteiger partial charge in [0.1, 0.15) is 0 Å². The van der Waals surface area contributed by atoms with E-state index in [-0.39, 0.29) is 0 Å². The predicted octanol–water partition coefficient (Wildman–Crippen LogP) is 3.65. The van der Waals surface area contributed by atoms with Crippen LogP contribution in [0, 0.1) is 5.92 Å². The van der Waals surface area contributed by atoms with E-state index in [0.29, 0.717) is 18.2 Å². The lowest BCUT2D eigenvalue weighted by Gasteiger charge is -2.32. The molecule has 1 aliphatic heterocycles. The van der Waals surface area contributed by atoms with E-state index in [2.05, 4.69) is 47.8 Å². The summed E-state index contributed by atoms with van der Waals surface area (Å²) in [5.41, 5.74) is 2.68. The zero-order valence-corrected chi connectivity index (χ0v) is 14.9. The normalized spacial score (nSPS) is 15.3. The second-order valence-electron chi connectivity index (χ2n) is 6.93. The summed E-state index contributed by atoms with van der Waals surface area (Å²) in [5.74, 6) is 1.00.